The number of aliphatic hydroxyl groups excluding tert-OH is 1. The van der Waals surface area contributed by atoms with E-state index in [1.165, 1.54) is 0 Å². The summed E-state index contributed by atoms with van der Waals surface area (Å²) in [7, 11) is 2.01. The second-order valence-electron chi connectivity index (χ2n) is 5.36. The summed E-state index contributed by atoms with van der Waals surface area (Å²) >= 11 is 1.60. The van der Waals surface area contributed by atoms with Crippen molar-refractivity contribution in [2.45, 2.75) is 38.3 Å². The van der Waals surface area contributed by atoms with Crippen LogP contribution in [0.5, 0.6) is 0 Å². The summed E-state index contributed by atoms with van der Waals surface area (Å²) in [4.78, 5) is 15.4. The minimum atomic E-state index is -0.161. The zero-order valence-corrected chi connectivity index (χ0v) is 12.5. The zero-order valence-electron chi connectivity index (χ0n) is 11.7. The molecule has 0 saturated heterocycles. The molecule has 0 radical (unpaired) electrons. The molecule has 106 valence electrons. The molecule has 2 aromatic rings. The molecule has 6 heteroatoms. The Balaban J connectivity index is 1.78. The van der Waals surface area contributed by atoms with Crippen LogP contribution in [0.15, 0.2) is 17.0 Å². The molecule has 1 aliphatic rings. The Hall–Kier alpha value is -1.53. The van der Waals surface area contributed by atoms with Gasteiger partial charge in [-0.2, -0.15) is 0 Å². The summed E-state index contributed by atoms with van der Waals surface area (Å²) < 4.78 is 0. The number of aliphatic hydroxyl groups is 1. The Morgan fingerprint density at radius 2 is 2.20 bits per heavy atom. The third-order valence-corrected chi connectivity index (χ3v) is 4.28. The molecule has 0 bridgehead atoms. The van der Waals surface area contributed by atoms with Gasteiger partial charge in [-0.25, -0.2) is 15.0 Å². The third kappa shape index (κ3) is 2.81. The van der Waals surface area contributed by atoms with Crippen LogP contribution in [0.1, 0.15) is 36.0 Å². The van der Waals surface area contributed by atoms with Gasteiger partial charge >= 0.3 is 0 Å². The lowest BCUT2D eigenvalue weighted by Gasteiger charge is -2.31. The minimum absolute atomic E-state index is 0.161. The molecule has 0 amide bonds. The van der Waals surface area contributed by atoms with Gasteiger partial charge < -0.3 is 10.0 Å². The van der Waals surface area contributed by atoms with E-state index < -0.39 is 0 Å². The van der Waals surface area contributed by atoms with Crippen molar-refractivity contribution in [3.05, 3.63) is 34.2 Å². The minimum Gasteiger partial charge on any atom is -0.393 e. The SMILES string of the molecule is Cc1nc(C2CC(O)C2)cc(N(C)Cc2cscn2)n1. The van der Waals surface area contributed by atoms with Crippen LogP contribution in [-0.2, 0) is 6.54 Å². The number of hydrogen-bond acceptors (Lipinski definition) is 6. The van der Waals surface area contributed by atoms with Crippen LogP contribution >= 0.6 is 11.3 Å². The molecule has 2 aromatic heterocycles. The smallest absolute Gasteiger partial charge is 0.132 e. The van der Waals surface area contributed by atoms with E-state index in [-0.39, 0.29) is 6.10 Å². The van der Waals surface area contributed by atoms with Crippen LogP contribution in [0, 0.1) is 6.92 Å². The summed E-state index contributed by atoms with van der Waals surface area (Å²) in [5.74, 6) is 2.07. The average molecular weight is 290 g/mol. The fraction of sp³-hybridized carbons (Fsp3) is 0.500. The van der Waals surface area contributed by atoms with E-state index in [2.05, 4.69) is 19.9 Å². The molecule has 3 rings (SSSR count). The van der Waals surface area contributed by atoms with Crippen LogP contribution in [0.3, 0.4) is 0 Å². The van der Waals surface area contributed by atoms with E-state index in [1.54, 1.807) is 11.3 Å². The Morgan fingerprint density at radius 1 is 1.40 bits per heavy atom. The molecular formula is C14H18N4OS. The molecule has 1 aliphatic carbocycles. The largest absolute Gasteiger partial charge is 0.393 e. The highest BCUT2D eigenvalue weighted by Gasteiger charge is 2.30. The number of thiazole rings is 1. The van der Waals surface area contributed by atoms with Crippen LogP contribution in [0.25, 0.3) is 0 Å². The molecule has 1 fully saturated rings. The lowest BCUT2D eigenvalue weighted by atomic mass is 9.80. The Kier molecular flexibility index (Phi) is 3.67. The van der Waals surface area contributed by atoms with Crippen molar-refractivity contribution in [1.82, 2.24) is 15.0 Å². The van der Waals surface area contributed by atoms with Gasteiger partial charge in [-0.3, -0.25) is 0 Å². The first-order valence-electron chi connectivity index (χ1n) is 6.73. The number of aromatic nitrogens is 3. The van der Waals surface area contributed by atoms with Gasteiger partial charge in [0.2, 0.25) is 0 Å². The van der Waals surface area contributed by atoms with Crippen molar-refractivity contribution in [3.8, 4) is 0 Å². The molecular weight excluding hydrogens is 272 g/mol. The lowest BCUT2D eigenvalue weighted by Crippen LogP contribution is -2.28. The van der Waals surface area contributed by atoms with Crippen LogP contribution in [0.2, 0.25) is 0 Å². The van der Waals surface area contributed by atoms with Gasteiger partial charge in [0.25, 0.3) is 0 Å². The van der Waals surface area contributed by atoms with Crippen molar-refractivity contribution in [2.75, 3.05) is 11.9 Å². The maximum Gasteiger partial charge on any atom is 0.132 e. The molecule has 20 heavy (non-hydrogen) atoms. The van der Waals surface area contributed by atoms with Gasteiger partial charge in [0.15, 0.2) is 0 Å². The summed E-state index contributed by atoms with van der Waals surface area (Å²) in [6.07, 6.45) is 1.46. The van der Waals surface area contributed by atoms with E-state index in [0.717, 1.165) is 42.4 Å². The van der Waals surface area contributed by atoms with E-state index in [1.807, 2.05) is 30.9 Å². The first kappa shape index (κ1) is 13.5. The highest BCUT2D eigenvalue weighted by Crippen LogP contribution is 2.36. The van der Waals surface area contributed by atoms with Crippen LogP contribution < -0.4 is 4.90 Å². The maximum atomic E-state index is 9.44. The molecule has 0 spiro atoms. The highest BCUT2D eigenvalue weighted by molar-refractivity contribution is 7.07. The Morgan fingerprint density at radius 3 is 2.85 bits per heavy atom. The molecule has 2 heterocycles. The van der Waals surface area contributed by atoms with E-state index in [9.17, 15) is 5.11 Å². The molecule has 0 atom stereocenters. The number of hydrogen-bond donors (Lipinski definition) is 1. The fourth-order valence-electron chi connectivity index (χ4n) is 2.45. The lowest BCUT2D eigenvalue weighted by molar-refractivity contribution is 0.0731. The monoisotopic (exact) mass is 290 g/mol. The summed E-state index contributed by atoms with van der Waals surface area (Å²) in [5, 5.41) is 11.5. The van der Waals surface area contributed by atoms with Crippen molar-refractivity contribution in [3.63, 3.8) is 0 Å². The van der Waals surface area contributed by atoms with Gasteiger partial charge in [-0.1, -0.05) is 0 Å². The van der Waals surface area contributed by atoms with Gasteiger partial charge in [-0.15, -0.1) is 11.3 Å². The first-order chi connectivity index (χ1) is 9.61. The Bertz CT molecular complexity index is 581. The Labute approximate surface area is 122 Å². The number of nitrogens with zero attached hydrogens (tertiary/aromatic N) is 4. The number of rotatable bonds is 4. The topological polar surface area (TPSA) is 62.1 Å². The maximum absolute atomic E-state index is 9.44. The van der Waals surface area contributed by atoms with Gasteiger partial charge in [0, 0.05) is 30.1 Å². The van der Waals surface area contributed by atoms with Gasteiger partial charge in [-0.05, 0) is 19.8 Å². The average Bonchev–Trinajstić information content (AvgIpc) is 2.87. The second-order valence-corrected chi connectivity index (χ2v) is 6.07. The molecule has 0 aliphatic heterocycles. The van der Waals surface area contributed by atoms with Crippen LogP contribution in [0.4, 0.5) is 5.82 Å². The predicted octanol–water partition coefficient (Wildman–Crippen LogP) is 2.12. The molecule has 1 saturated carbocycles. The van der Waals surface area contributed by atoms with Crippen molar-refractivity contribution >= 4 is 17.2 Å². The first-order valence-corrected chi connectivity index (χ1v) is 7.68. The quantitative estimate of drug-likeness (QED) is 0.934. The van der Waals surface area contributed by atoms with Gasteiger partial charge in [0.05, 0.1) is 23.9 Å². The molecule has 5 nitrogen and oxygen atoms in total. The summed E-state index contributed by atoms with van der Waals surface area (Å²) in [5.41, 5.74) is 3.94. The second kappa shape index (κ2) is 5.46. The summed E-state index contributed by atoms with van der Waals surface area (Å²) in [6, 6.07) is 2.04. The molecule has 0 aromatic carbocycles. The predicted molar refractivity (Wildman–Crippen MR) is 79.0 cm³/mol. The standard InChI is InChI=1S/C14H18N4OS/c1-9-16-13(10-3-12(19)4-10)5-14(17-9)18(2)6-11-7-20-8-15-11/h5,7-8,10,12,19H,3-4,6H2,1-2H3. The number of anilines is 1. The zero-order chi connectivity index (χ0) is 14.1. The summed E-state index contributed by atoms with van der Waals surface area (Å²) in [6.45, 7) is 2.66. The van der Waals surface area contributed by atoms with E-state index in [4.69, 9.17) is 0 Å². The van der Waals surface area contributed by atoms with Crippen LogP contribution in [-0.4, -0.2) is 33.2 Å². The molecule has 0 unspecified atom stereocenters. The van der Waals surface area contributed by atoms with Crippen molar-refractivity contribution < 1.29 is 5.11 Å². The van der Waals surface area contributed by atoms with Gasteiger partial charge in [0.1, 0.15) is 11.6 Å². The highest BCUT2D eigenvalue weighted by atomic mass is 32.1. The normalized spacial score (nSPS) is 21.6. The molecule has 1 N–H and O–H groups in total. The van der Waals surface area contributed by atoms with Crippen molar-refractivity contribution in [1.29, 1.82) is 0 Å². The van der Waals surface area contributed by atoms with Crippen molar-refractivity contribution in [2.24, 2.45) is 0 Å². The third-order valence-electron chi connectivity index (χ3n) is 3.65. The fourth-order valence-corrected chi connectivity index (χ4v) is 3.00. The van der Waals surface area contributed by atoms with E-state index >= 15 is 0 Å². The van der Waals surface area contributed by atoms with E-state index in [0.29, 0.717) is 5.92 Å². The number of aryl methyl sites for hydroxylation is 1.